The van der Waals surface area contributed by atoms with Crippen molar-refractivity contribution in [3.8, 4) is 5.75 Å². The van der Waals surface area contributed by atoms with Crippen LogP contribution >= 0.6 is 15.9 Å². The van der Waals surface area contributed by atoms with Crippen molar-refractivity contribution in [1.82, 2.24) is 0 Å². The molecule has 1 atom stereocenters. The maximum absolute atomic E-state index is 11.2. The minimum atomic E-state index is -0.549. The zero-order valence-corrected chi connectivity index (χ0v) is 10.5. The highest BCUT2D eigenvalue weighted by Gasteiger charge is 2.15. The molecule has 0 aliphatic carbocycles. The molecule has 88 valence electrons. The summed E-state index contributed by atoms with van der Waals surface area (Å²) < 4.78 is 5.55. The highest BCUT2D eigenvalue weighted by Crippen LogP contribution is 2.28. The van der Waals surface area contributed by atoms with Gasteiger partial charge in [-0.05, 0) is 19.1 Å². The first-order valence-electron chi connectivity index (χ1n) is 4.94. The number of hydrogen-bond donors (Lipinski definition) is 2. The molecule has 0 radical (unpaired) electrons. The molecule has 5 heteroatoms. The van der Waals surface area contributed by atoms with E-state index in [9.17, 15) is 9.90 Å². The third-order valence-corrected chi connectivity index (χ3v) is 2.58. The van der Waals surface area contributed by atoms with Crippen molar-refractivity contribution in [2.45, 2.75) is 19.4 Å². The summed E-state index contributed by atoms with van der Waals surface area (Å²) >= 11 is 3.23. The molecule has 1 aromatic carbocycles. The molecule has 0 saturated heterocycles. The van der Waals surface area contributed by atoms with Crippen molar-refractivity contribution in [1.29, 1.82) is 0 Å². The fourth-order valence-electron chi connectivity index (χ4n) is 1.34. The van der Waals surface area contributed by atoms with E-state index in [1.54, 1.807) is 25.1 Å². The number of benzene rings is 1. The average Bonchev–Trinajstić information content (AvgIpc) is 2.17. The van der Waals surface area contributed by atoms with Crippen LogP contribution in [0.15, 0.2) is 22.7 Å². The van der Waals surface area contributed by atoms with Crippen LogP contribution in [0.3, 0.4) is 0 Å². The second-order valence-corrected chi connectivity index (χ2v) is 4.23. The number of phenolic OH excluding ortho intramolecular Hbond substituents is 1. The van der Waals surface area contributed by atoms with E-state index in [4.69, 9.17) is 10.5 Å². The van der Waals surface area contributed by atoms with Gasteiger partial charge in [-0.3, -0.25) is 4.79 Å². The highest BCUT2D eigenvalue weighted by atomic mass is 79.9. The number of hydrogen-bond acceptors (Lipinski definition) is 4. The third-order valence-electron chi connectivity index (χ3n) is 2.08. The predicted octanol–water partition coefficient (Wildman–Crippen LogP) is 2.11. The lowest BCUT2D eigenvalue weighted by molar-refractivity contribution is -0.143. The first-order chi connectivity index (χ1) is 7.54. The fraction of sp³-hybridized carbons (Fsp3) is 0.364. The van der Waals surface area contributed by atoms with Crippen LogP contribution < -0.4 is 5.73 Å². The van der Waals surface area contributed by atoms with Crippen molar-refractivity contribution < 1.29 is 14.6 Å². The van der Waals surface area contributed by atoms with Crippen molar-refractivity contribution in [2.75, 3.05) is 6.61 Å². The van der Waals surface area contributed by atoms with Gasteiger partial charge in [0.1, 0.15) is 5.75 Å². The van der Waals surface area contributed by atoms with Crippen molar-refractivity contribution in [3.05, 3.63) is 28.2 Å². The largest absolute Gasteiger partial charge is 0.508 e. The lowest BCUT2D eigenvalue weighted by Crippen LogP contribution is -2.17. The van der Waals surface area contributed by atoms with Gasteiger partial charge in [0.25, 0.3) is 0 Å². The van der Waals surface area contributed by atoms with Gasteiger partial charge in [-0.15, -0.1) is 0 Å². The number of phenols is 1. The summed E-state index contributed by atoms with van der Waals surface area (Å²) in [7, 11) is 0. The molecule has 0 aromatic heterocycles. The minimum Gasteiger partial charge on any atom is -0.508 e. The number of ether oxygens (including phenoxy) is 1. The van der Waals surface area contributed by atoms with E-state index in [0.29, 0.717) is 12.2 Å². The van der Waals surface area contributed by atoms with Gasteiger partial charge in [0, 0.05) is 16.1 Å². The highest BCUT2D eigenvalue weighted by molar-refractivity contribution is 9.10. The normalized spacial score (nSPS) is 12.2. The van der Waals surface area contributed by atoms with Gasteiger partial charge in [-0.25, -0.2) is 0 Å². The molecule has 0 bridgehead atoms. The summed E-state index contributed by atoms with van der Waals surface area (Å²) in [5.74, 6) is -0.288. The van der Waals surface area contributed by atoms with Gasteiger partial charge < -0.3 is 15.6 Å². The molecule has 0 aliphatic rings. The fourth-order valence-corrected chi connectivity index (χ4v) is 1.69. The Bertz CT molecular complexity index is 381. The lowest BCUT2D eigenvalue weighted by atomic mass is 10.0. The lowest BCUT2D eigenvalue weighted by Gasteiger charge is -2.12. The number of rotatable bonds is 4. The molecule has 0 unspecified atom stereocenters. The Morgan fingerprint density at radius 2 is 2.31 bits per heavy atom. The standard InChI is InChI=1S/C11H14BrNO3/c1-2-16-11(15)6-9(13)8-4-3-7(12)5-10(8)14/h3-5,9,14H,2,6,13H2,1H3/t9-/m1/s1. The van der Waals surface area contributed by atoms with E-state index in [2.05, 4.69) is 15.9 Å². The van der Waals surface area contributed by atoms with Crippen LogP contribution in [0, 0.1) is 0 Å². The van der Waals surface area contributed by atoms with Gasteiger partial charge in [0.15, 0.2) is 0 Å². The number of carbonyl (C=O) groups is 1. The summed E-state index contributed by atoms with van der Waals surface area (Å²) in [6, 6.07) is 4.44. The number of halogens is 1. The predicted molar refractivity (Wildman–Crippen MR) is 64.0 cm³/mol. The maximum atomic E-state index is 11.2. The molecule has 1 aromatic rings. The van der Waals surface area contributed by atoms with Gasteiger partial charge in [-0.1, -0.05) is 22.0 Å². The van der Waals surface area contributed by atoms with E-state index in [0.717, 1.165) is 4.47 Å². The minimum absolute atomic E-state index is 0.0586. The molecule has 0 fully saturated rings. The van der Waals surface area contributed by atoms with Crippen LogP contribution in [0.2, 0.25) is 0 Å². The SMILES string of the molecule is CCOC(=O)C[C@@H](N)c1ccc(Br)cc1O. The Kier molecular flexibility index (Phi) is 4.76. The van der Waals surface area contributed by atoms with Crippen molar-refractivity contribution >= 4 is 21.9 Å². The van der Waals surface area contributed by atoms with E-state index in [1.807, 2.05) is 0 Å². The number of aromatic hydroxyl groups is 1. The number of carbonyl (C=O) groups excluding carboxylic acids is 1. The van der Waals surface area contributed by atoms with Crippen LogP contribution in [0.5, 0.6) is 5.75 Å². The summed E-state index contributed by atoms with van der Waals surface area (Å²) in [5, 5.41) is 9.64. The van der Waals surface area contributed by atoms with Crippen LogP contribution in [0.25, 0.3) is 0 Å². The Labute approximate surface area is 103 Å². The third kappa shape index (κ3) is 3.50. The quantitative estimate of drug-likeness (QED) is 0.832. The van der Waals surface area contributed by atoms with Gasteiger partial charge >= 0.3 is 5.97 Å². The zero-order valence-electron chi connectivity index (χ0n) is 8.94. The van der Waals surface area contributed by atoms with E-state index >= 15 is 0 Å². The molecule has 0 amide bonds. The molecule has 3 N–H and O–H groups in total. The molecule has 16 heavy (non-hydrogen) atoms. The van der Waals surface area contributed by atoms with E-state index in [-0.39, 0.29) is 18.1 Å². The Hall–Kier alpha value is -1.07. The first kappa shape index (κ1) is 13.0. The van der Waals surface area contributed by atoms with Crippen LogP contribution in [0.1, 0.15) is 24.9 Å². The van der Waals surface area contributed by atoms with Crippen LogP contribution in [0.4, 0.5) is 0 Å². The second kappa shape index (κ2) is 5.86. The molecular formula is C11H14BrNO3. The van der Waals surface area contributed by atoms with Gasteiger partial charge in [-0.2, -0.15) is 0 Å². The topological polar surface area (TPSA) is 72.5 Å². The number of nitrogens with two attached hydrogens (primary N) is 1. The summed E-state index contributed by atoms with van der Waals surface area (Å²) in [6.07, 6.45) is 0.0586. The van der Waals surface area contributed by atoms with Crippen LogP contribution in [-0.2, 0) is 9.53 Å². The molecule has 4 nitrogen and oxygen atoms in total. The summed E-state index contributed by atoms with van der Waals surface area (Å²) in [5.41, 5.74) is 6.34. The Morgan fingerprint density at radius 3 is 2.88 bits per heavy atom. The Balaban J connectivity index is 2.72. The van der Waals surface area contributed by atoms with Crippen molar-refractivity contribution in [2.24, 2.45) is 5.73 Å². The monoisotopic (exact) mass is 287 g/mol. The maximum Gasteiger partial charge on any atom is 0.307 e. The molecule has 0 aliphatic heterocycles. The van der Waals surface area contributed by atoms with E-state index in [1.165, 1.54) is 0 Å². The second-order valence-electron chi connectivity index (χ2n) is 3.32. The molecule has 0 heterocycles. The summed E-state index contributed by atoms with van der Waals surface area (Å²) in [4.78, 5) is 11.2. The Morgan fingerprint density at radius 1 is 1.62 bits per heavy atom. The summed E-state index contributed by atoms with van der Waals surface area (Å²) in [6.45, 7) is 2.07. The van der Waals surface area contributed by atoms with E-state index < -0.39 is 6.04 Å². The molecule has 0 saturated carbocycles. The van der Waals surface area contributed by atoms with Gasteiger partial charge in [0.2, 0.25) is 0 Å². The van der Waals surface area contributed by atoms with Gasteiger partial charge in [0.05, 0.1) is 13.0 Å². The van der Waals surface area contributed by atoms with Crippen molar-refractivity contribution in [3.63, 3.8) is 0 Å². The number of esters is 1. The van der Waals surface area contributed by atoms with Crippen LogP contribution in [-0.4, -0.2) is 17.7 Å². The smallest absolute Gasteiger partial charge is 0.307 e. The molecular weight excluding hydrogens is 274 g/mol. The molecule has 1 rings (SSSR count). The first-order valence-corrected chi connectivity index (χ1v) is 5.73. The molecule has 0 spiro atoms. The average molecular weight is 288 g/mol. The zero-order chi connectivity index (χ0) is 12.1.